The molecule has 22 heavy (non-hydrogen) atoms. The third-order valence-electron chi connectivity index (χ3n) is 3.78. The predicted octanol–water partition coefficient (Wildman–Crippen LogP) is 3.30. The standard InChI is InChI=1S/C16H19N3O2S/c1-2-21-14-12(6-5-8-17-14)16(20)19-10-4-3-7-13(19)15-18-9-11-22-15/h5-6,8-9,11,13H,2-4,7,10H2,1H3/t13-/m0/s1. The summed E-state index contributed by atoms with van der Waals surface area (Å²) >= 11 is 1.61. The van der Waals surface area contributed by atoms with Crippen LogP contribution in [0.25, 0.3) is 0 Å². The summed E-state index contributed by atoms with van der Waals surface area (Å²) < 4.78 is 5.50. The van der Waals surface area contributed by atoms with Crippen molar-refractivity contribution >= 4 is 17.2 Å². The number of aromatic nitrogens is 2. The summed E-state index contributed by atoms with van der Waals surface area (Å²) in [6.07, 6.45) is 6.56. The van der Waals surface area contributed by atoms with Gasteiger partial charge >= 0.3 is 0 Å². The van der Waals surface area contributed by atoms with E-state index in [4.69, 9.17) is 4.74 Å². The molecule has 2 aromatic rings. The molecule has 1 saturated heterocycles. The van der Waals surface area contributed by atoms with E-state index in [-0.39, 0.29) is 11.9 Å². The lowest BCUT2D eigenvalue weighted by Gasteiger charge is -2.34. The number of carbonyl (C=O) groups excluding carboxylic acids is 1. The number of thiazole rings is 1. The first kappa shape index (κ1) is 15.0. The Morgan fingerprint density at radius 1 is 1.41 bits per heavy atom. The molecule has 1 aliphatic heterocycles. The topological polar surface area (TPSA) is 55.3 Å². The van der Waals surface area contributed by atoms with Gasteiger partial charge in [-0.05, 0) is 38.3 Å². The molecule has 0 N–H and O–H groups in total. The van der Waals surface area contributed by atoms with E-state index in [1.807, 2.05) is 17.2 Å². The number of likely N-dealkylation sites (tertiary alicyclic amines) is 1. The first-order chi connectivity index (χ1) is 10.8. The average Bonchev–Trinajstić information content (AvgIpc) is 3.09. The molecule has 6 heteroatoms. The number of rotatable bonds is 4. The van der Waals surface area contributed by atoms with Gasteiger partial charge in [-0.25, -0.2) is 9.97 Å². The van der Waals surface area contributed by atoms with Crippen LogP contribution in [-0.4, -0.2) is 33.9 Å². The second-order valence-electron chi connectivity index (χ2n) is 5.17. The van der Waals surface area contributed by atoms with Crippen molar-refractivity contribution in [1.82, 2.24) is 14.9 Å². The molecule has 3 heterocycles. The number of hydrogen-bond acceptors (Lipinski definition) is 5. The van der Waals surface area contributed by atoms with Gasteiger partial charge < -0.3 is 9.64 Å². The summed E-state index contributed by atoms with van der Waals surface area (Å²) in [7, 11) is 0. The van der Waals surface area contributed by atoms with Crippen LogP contribution in [0.3, 0.4) is 0 Å². The molecule has 1 amide bonds. The zero-order chi connectivity index (χ0) is 15.4. The maximum Gasteiger partial charge on any atom is 0.259 e. The molecule has 0 saturated carbocycles. The minimum atomic E-state index is -0.0172. The monoisotopic (exact) mass is 317 g/mol. The smallest absolute Gasteiger partial charge is 0.259 e. The SMILES string of the molecule is CCOc1ncccc1C(=O)N1CCCC[C@H]1c1nccs1. The molecule has 0 radical (unpaired) electrons. The maximum atomic E-state index is 13.0. The molecular formula is C16H19N3O2S. The molecule has 3 rings (SSSR count). The molecule has 0 spiro atoms. The van der Waals surface area contributed by atoms with Crippen LogP contribution in [0.15, 0.2) is 29.9 Å². The van der Waals surface area contributed by atoms with Crippen molar-refractivity contribution in [2.45, 2.75) is 32.2 Å². The third-order valence-corrected chi connectivity index (χ3v) is 4.66. The van der Waals surface area contributed by atoms with E-state index >= 15 is 0 Å². The first-order valence-electron chi connectivity index (χ1n) is 7.59. The van der Waals surface area contributed by atoms with E-state index in [2.05, 4.69) is 9.97 Å². The van der Waals surface area contributed by atoms with Crippen LogP contribution in [0.5, 0.6) is 5.88 Å². The zero-order valence-corrected chi connectivity index (χ0v) is 13.4. The highest BCUT2D eigenvalue weighted by molar-refractivity contribution is 7.09. The quantitative estimate of drug-likeness (QED) is 0.868. The minimum Gasteiger partial charge on any atom is -0.477 e. The van der Waals surface area contributed by atoms with Crippen molar-refractivity contribution in [3.8, 4) is 5.88 Å². The number of amides is 1. The molecule has 2 aromatic heterocycles. The van der Waals surface area contributed by atoms with Crippen LogP contribution >= 0.6 is 11.3 Å². The van der Waals surface area contributed by atoms with Crippen molar-refractivity contribution in [2.75, 3.05) is 13.2 Å². The van der Waals surface area contributed by atoms with E-state index in [9.17, 15) is 4.79 Å². The largest absolute Gasteiger partial charge is 0.477 e. The Morgan fingerprint density at radius 3 is 3.09 bits per heavy atom. The molecule has 116 valence electrons. The highest BCUT2D eigenvalue weighted by atomic mass is 32.1. The molecular weight excluding hydrogens is 298 g/mol. The van der Waals surface area contributed by atoms with Gasteiger partial charge in [0.1, 0.15) is 10.6 Å². The van der Waals surface area contributed by atoms with E-state index in [0.29, 0.717) is 18.1 Å². The molecule has 0 bridgehead atoms. The fourth-order valence-electron chi connectivity index (χ4n) is 2.79. The number of pyridine rings is 1. The van der Waals surface area contributed by atoms with Gasteiger partial charge in [0, 0.05) is 24.3 Å². The summed E-state index contributed by atoms with van der Waals surface area (Å²) in [6.45, 7) is 3.14. The lowest BCUT2D eigenvalue weighted by molar-refractivity contribution is 0.0606. The van der Waals surface area contributed by atoms with Gasteiger partial charge in [-0.1, -0.05) is 0 Å². The Kier molecular flexibility index (Phi) is 4.68. The van der Waals surface area contributed by atoms with E-state index in [1.165, 1.54) is 0 Å². The fourth-order valence-corrected chi connectivity index (χ4v) is 3.58. The second kappa shape index (κ2) is 6.87. The van der Waals surface area contributed by atoms with Crippen LogP contribution < -0.4 is 4.74 Å². The molecule has 1 atom stereocenters. The third kappa shape index (κ3) is 2.97. The predicted molar refractivity (Wildman–Crippen MR) is 85.1 cm³/mol. The normalized spacial score (nSPS) is 18.2. The molecule has 1 aliphatic rings. The van der Waals surface area contributed by atoms with Crippen molar-refractivity contribution < 1.29 is 9.53 Å². The van der Waals surface area contributed by atoms with E-state index < -0.39 is 0 Å². The molecule has 1 fully saturated rings. The highest BCUT2D eigenvalue weighted by Crippen LogP contribution is 2.34. The average molecular weight is 317 g/mol. The second-order valence-corrected chi connectivity index (χ2v) is 6.10. The van der Waals surface area contributed by atoms with Gasteiger partial charge in [-0.3, -0.25) is 4.79 Å². The van der Waals surface area contributed by atoms with Crippen molar-refractivity contribution in [2.24, 2.45) is 0 Å². The van der Waals surface area contributed by atoms with Gasteiger partial charge in [-0.2, -0.15) is 0 Å². The van der Waals surface area contributed by atoms with Crippen LogP contribution in [0.2, 0.25) is 0 Å². The van der Waals surface area contributed by atoms with Gasteiger partial charge in [0.05, 0.1) is 12.6 Å². The lowest BCUT2D eigenvalue weighted by Crippen LogP contribution is -2.38. The summed E-state index contributed by atoms with van der Waals surface area (Å²) in [5.41, 5.74) is 0.535. The van der Waals surface area contributed by atoms with Gasteiger partial charge in [0.25, 0.3) is 5.91 Å². The van der Waals surface area contributed by atoms with Crippen molar-refractivity contribution in [1.29, 1.82) is 0 Å². The van der Waals surface area contributed by atoms with Crippen LogP contribution in [0.4, 0.5) is 0 Å². The van der Waals surface area contributed by atoms with Gasteiger partial charge in [0.15, 0.2) is 0 Å². The number of nitrogens with zero attached hydrogens (tertiary/aromatic N) is 3. The Bertz CT molecular complexity index is 630. The highest BCUT2D eigenvalue weighted by Gasteiger charge is 2.31. The molecule has 5 nitrogen and oxygen atoms in total. The summed E-state index contributed by atoms with van der Waals surface area (Å²) in [6, 6.07) is 3.63. The first-order valence-corrected chi connectivity index (χ1v) is 8.47. The summed E-state index contributed by atoms with van der Waals surface area (Å²) in [5.74, 6) is 0.398. The molecule has 0 unspecified atom stereocenters. The Labute approximate surface area is 134 Å². The Hall–Kier alpha value is -1.95. The van der Waals surface area contributed by atoms with Gasteiger partial charge in [0.2, 0.25) is 5.88 Å². The Morgan fingerprint density at radius 2 is 2.32 bits per heavy atom. The van der Waals surface area contributed by atoms with Crippen molar-refractivity contribution in [3.05, 3.63) is 40.5 Å². The number of hydrogen-bond donors (Lipinski definition) is 0. The number of piperidine rings is 1. The molecule has 0 aromatic carbocycles. The summed E-state index contributed by atoms with van der Waals surface area (Å²) in [4.78, 5) is 23.5. The van der Waals surface area contributed by atoms with Crippen LogP contribution in [0, 0.1) is 0 Å². The van der Waals surface area contributed by atoms with Crippen molar-refractivity contribution in [3.63, 3.8) is 0 Å². The zero-order valence-electron chi connectivity index (χ0n) is 12.6. The molecule has 0 aliphatic carbocycles. The number of ether oxygens (including phenoxy) is 1. The maximum absolute atomic E-state index is 13.0. The fraction of sp³-hybridized carbons (Fsp3) is 0.438. The van der Waals surface area contributed by atoms with E-state index in [1.54, 1.807) is 35.9 Å². The van der Waals surface area contributed by atoms with Gasteiger partial charge in [-0.15, -0.1) is 11.3 Å². The lowest BCUT2D eigenvalue weighted by atomic mass is 10.0. The minimum absolute atomic E-state index is 0.0172. The summed E-state index contributed by atoms with van der Waals surface area (Å²) in [5, 5.41) is 2.97. The number of carbonyl (C=O) groups is 1. The Balaban J connectivity index is 1.89. The van der Waals surface area contributed by atoms with E-state index in [0.717, 1.165) is 30.8 Å². The van der Waals surface area contributed by atoms with Crippen LogP contribution in [0.1, 0.15) is 47.6 Å². The van der Waals surface area contributed by atoms with Crippen LogP contribution in [-0.2, 0) is 0 Å².